The first-order valence-corrected chi connectivity index (χ1v) is 9.10. The van der Waals surface area contributed by atoms with Crippen LogP contribution in [0.3, 0.4) is 0 Å². The van der Waals surface area contributed by atoms with Crippen LogP contribution in [0, 0.1) is 10.8 Å². The van der Waals surface area contributed by atoms with Crippen LogP contribution in [0.15, 0.2) is 23.5 Å². The normalized spacial score (nSPS) is 22.7. The largest absolute Gasteiger partial charge is 0.388 e. The smallest absolute Gasteiger partial charge is 0.157 e. The van der Waals surface area contributed by atoms with Gasteiger partial charge < -0.3 is 10.6 Å². The second kappa shape index (κ2) is 7.54. The van der Waals surface area contributed by atoms with Crippen LogP contribution in [0.2, 0.25) is 0 Å². The van der Waals surface area contributed by atoms with Crippen LogP contribution in [0.4, 0.5) is 0 Å². The van der Waals surface area contributed by atoms with Crippen LogP contribution >= 0.6 is 0 Å². The summed E-state index contributed by atoms with van der Waals surface area (Å²) in [5, 5.41) is 6.82. The molecule has 2 aliphatic carbocycles. The summed E-state index contributed by atoms with van der Waals surface area (Å²) in [5.74, 6) is 0.457. The fourth-order valence-electron chi connectivity index (χ4n) is 3.67. The SMILES string of the molecule is CC1(C)CC(=O)C=C(NCCCCNC2=CC(=O)CC(C)(C)C2)C1. The number of carbonyl (C=O) groups is 2. The first-order chi connectivity index (χ1) is 11.2. The third kappa shape index (κ3) is 6.14. The molecule has 0 unspecified atom stereocenters. The Hall–Kier alpha value is -1.58. The molecular formula is C20H32N2O2. The van der Waals surface area contributed by atoms with Crippen LogP contribution in [0.1, 0.15) is 66.2 Å². The second-order valence-electron chi connectivity index (χ2n) is 8.87. The molecule has 2 rings (SSSR count). The lowest BCUT2D eigenvalue weighted by Gasteiger charge is -2.29. The van der Waals surface area contributed by atoms with Gasteiger partial charge in [-0.25, -0.2) is 0 Å². The molecule has 0 aromatic rings. The van der Waals surface area contributed by atoms with Crippen molar-refractivity contribution in [2.75, 3.05) is 13.1 Å². The third-order valence-corrected chi connectivity index (χ3v) is 4.62. The van der Waals surface area contributed by atoms with Gasteiger partial charge in [-0.3, -0.25) is 9.59 Å². The molecule has 0 aromatic carbocycles. The maximum Gasteiger partial charge on any atom is 0.157 e. The Labute approximate surface area is 146 Å². The Morgan fingerprint density at radius 2 is 1.12 bits per heavy atom. The fourth-order valence-corrected chi connectivity index (χ4v) is 3.67. The van der Waals surface area contributed by atoms with E-state index >= 15 is 0 Å². The molecule has 4 heteroatoms. The minimum Gasteiger partial charge on any atom is -0.388 e. The van der Waals surface area contributed by atoms with E-state index in [0.29, 0.717) is 12.8 Å². The van der Waals surface area contributed by atoms with Gasteiger partial charge in [0.25, 0.3) is 0 Å². The average molecular weight is 332 g/mol. The predicted octanol–water partition coefficient (Wildman–Crippen LogP) is 3.49. The van der Waals surface area contributed by atoms with Crippen molar-refractivity contribution < 1.29 is 9.59 Å². The quantitative estimate of drug-likeness (QED) is 0.701. The Bertz CT molecular complexity index is 506. The highest BCUT2D eigenvalue weighted by Gasteiger charge is 2.28. The molecular weight excluding hydrogens is 300 g/mol. The minimum absolute atomic E-state index is 0.0719. The Morgan fingerprint density at radius 1 is 0.750 bits per heavy atom. The van der Waals surface area contributed by atoms with Crippen molar-refractivity contribution in [3.05, 3.63) is 23.5 Å². The fraction of sp³-hybridized carbons (Fsp3) is 0.700. The number of carbonyl (C=O) groups excluding carboxylic acids is 2. The molecule has 0 amide bonds. The number of ketones is 2. The van der Waals surface area contributed by atoms with E-state index in [1.807, 2.05) is 0 Å². The molecule has 4 nitrogen and oxygen atoms in total. The van der Waals surface area contributed by atoms with Gasteiger partial charge in [0.05, 0.1) is 0 Å². The number of unbranched alkanes of at least 4 members (excludes halogenated alkanes) is 1. The third-order valence-electron chi connectivity index (χ3n) is 4.62. The molecule has 2 aliphatic rings. The molecule has 0 atom stereocenters. The summed E-state index contributed by atoms with van der Waals surface area (Å²) in [5.41, 5.74) is 2.29. The van der Waals surface area contributed by atoms with Gasteiger partial charge in [0.15, 0.2) is 11.6 Å². The zero-order chi connectivity index (χ0) is 17.8. The Balaban J connectivity index is 1.64. The minimum atomic E-state index is 0.0719. The van der Waals surface area contributed by atoms with Gasteiger partial charge in [0, 0.05) is 49.5 Å². The van der Waals surface area contributed by atoms with Crippen LogP contribution in [-0.2, 0) is 9.59 Å². The van der Waals surface area contributed by atoms with Gasteiger partial charge in [-0.1, -0.05) is 27.7 Å². The molecule has 0 saturated heterocycles. The highest BCUT2D eigenvalue weighted by Crippen LogP contribution is 2.33. The second-order valence-corrected chi connectivity index (χ2v) is 8.87. The molecule has 0 heterocycles. The molecule has 0 bridgehead atoms. The Morgan fingerprint density at radius 3 is 1.46 bits per heavy atom. The number of hydrogen-bond acceptors (Lipinski definition) is 4. The van der Waals surface area contributed by atoms with Crippen molar-refractivity contribution in [1.82, 2.24) is 10.6 Å². The molecule has 0 saturated carbocycles. The maximum absolute atomic E-state index is 11.7. The molecule has 0 spiro atoms. The highest BCUT2D eigenvalue weighted by molar-refractivity contribution is 5.92. The molecule has 0 fully saturated rings. The van der Waals surface area contributed by atoms with E-state index in [0.717, 1.165) is 50.2 Å². The molecule has 0 radical (unpaired) electrons. The summed E-state index contributed by atoms with van der Waals surface area (Å²) >= 11 is 0. The van der Waals surface area contributed by atoms with Gasteiger partial charge in [-0.2, -0.15) is 0 Å². The topological polar surface area (TPSA) is 58.2 Å². The first-order valence-electron chi connectivity index (χ1n) is 9.10. The highest BCUT2D eigenvalue weighted by atomic mass is 16.1. The van der Waals surface area contributed by atoms with E-state index in [4.69, 9.17) is 0 Å². The molecule has 0 aliphatic heterocycles. The van der Waals surface area contributed by atoms with Crippen molar-refractivity contribution in [3.8, 4) is 0 Å². The standard InChI is InChI=1S/C20H32N2O2/c1-19(2)11-15(9-17(23)13-19)21-7-5-6-8-22-16-10-18(24)14-20(3,4)12-16/h9-10,21-22H,5-8,11-14H2,1-4H3. The van der Waals surface area contributed by atoms with E-state index < -0.39 is 0 Å². The number of allylic oxidation sites excluding steroid dienone is 4. The van der Waals surface area contributed by atoms with Crippen LogP contribution in [0.25, 0.3) is 0 Å². The van der Waals surface area contributed by atoms with Gasteiger partial charge in [0.1, 0.15) is 0 Å². The molecule has 134 valence electrons. The van der Waals surface area contributed by atoms with Crippen LogP contribution in [0.5, 0.6) is 0 Å². The van der Waals surface area contributed by atoms with Crippen molar-refractivity contribution in [2.45, 2.75) is 66.2 Å². The van der Waals surface area contributed by atoms with E-state index in [1.165, 1.54) is 0 Å². The molecule has 2 N–H and O–H groups in total. The first kappa shape index (κ1) is 18.8. The monoisotopic (exact) mass is 332 g/mol. The van der Waals surface area contributed by atoms with Crippen LogP contribution in [-0.4, -0.2) is 24.7 Å². The van der Waals surface area contributed by atoms with Gasteiger partial charge in [0.2, 0.25) is 0 Å². The zero-order valence-corrected chi connectivity index (χ0v) is 15.6. The van der Waals surface area contributed by atoms with Gasteiger partial charge in [-0.05, 0) is 36.5 Å². The molecule has 24 heavy (non-hydrogen) atoms. The van der Waals surface area contributed by atoms with Crippen molar-refractivity contribution in [1.29, 1.82) is 0 Å². The summed E-state index contributed by atoms with van der Waals surface area (Å²) in [6, 6.07) is 0. The van der Waals surface area contributed by atoms with Crippen LogP contribution < -0.4 is 10.6 Å². The number of nitrogens with one attached hydrogen (secondary N) is 2. The van der Waals surface area contributed by atoms with E-state index in [2.05, 4.69) is 38.3 Å². The lowest BCUT2D eigenvalue weighted by atomic mass is 9.79. The predicted molar refractivity (Wildman–Crippen MR) is 97.4 cm³/mol. The van der Waals surface area contributed by atoms with Gasteiger partial charge >= 0.3 is 0 Å². The lowest BCUT2D eigenvalue weighted by molar-refractivity contribution is -0.118. The zero-order valence-electron chi connectivity index (χ0n) is 15.6. The number of hydrogen-bond donors (Lipinski definition) is 2. The molecule has 0 aromatic heterocycles. The lowest BCUT2D eigenvalue weighted by Crippen LogP contribution is -2.29. The Kier molecular flexibility index (Phi) is 5.89. The van der Waals surface area contributed by atoms with Crippen molar-refractivity contribution in [2.24, 2.45) is 10.8 Å². The van der Waals surface area contributed by atoms with E-state index in [-0.39, 0.29) is 22.4 Å². The summed E-state index contributed by atoms with van der Waals surface area (Å²) in [7, 11) is 0. The van der Waals surface area contributed by atoms with Crippen molar-refractivity contribution in [3.63, 3.8) is 0 Å². The average Bonchev–Trinajstić information content (AvgIpc) is 2.38. The maximum atomic E-state index is 11.7. The van der Waals surface area contributed by atoms with Crippen molar-refractivity contribution >= 4 is 11.6 Å². The number of rotatable bonds is 7. The summed E-state index contributed by atoms with van der Waals surface area (Å²) < 4.78 is 0. The summed E-state index contributed by atoms with van der Waals surface area (Å²) in [6.45, 7) is 10.4. The van der Waals surface area contributed by atoms with E-state index in [9.17, 15) is 9.59 Å². The van der Waals surface area contributed by atoms with E-state index in [1.54, 1.807) is 12.2 Å². The summed E-state index contributed by atoms with van der Waals surface area (Å²) in [6.07, 6.45) is 8.81. The summed E-state index contributed by atoms with van der Waals surface area (Å²) in [4.78, 5) is 23.4. The van der Waals surface area contributed by atoms with Gasteiger partial charge in [-0.15, -0.1) is 0 Å².